The standard InChI is InChI=1S/C18H26N4O3/c1-14-4-2-3-5-17(14)19-18(23)21-12-10-20(11-13-21)15-6-8-16(9-7-15)22(24)25/h6-9,14,17H,2-5,10-13H2,1H3,(H,19,23). The predicted molar refractivity (Wildman–Crippen MR) is 96.8 cm³/mol. The Labute approximate surface area is 148 Å². The van der Waals surface area contributed by atoms with Gasteiger partial charge in [0.2, 0.25) is 0 Å². The summed E-state index contributed by atoms with van der Waals surface area (Å²) in [5, 5.41) is 13.9. The maximum Gasteiger partial charge on any atom is 0.317 e. The van der Waals surface area contributed by atoms with E-state index < -0.39 is 4.92 Å². The maximum absolute atomic E-state index is 12.5. The maximum atomic E-state index is 12.5. The van der Waals surface area contributed by atoms with Crippen molar-refractivity contribution < 1.29 is 9.72 Å². The van der Waals surface area contributed by atoms with Gasteiger partial charge in [0.05, 0.1) is 4.92 Å². The molecule has 2 fully saturated rings. The number of amides is 2. The van der Waals surface area contributed by atoms with Crippen molar-refractivity contribution in [3.63, 3.8) is 0 Å². The minimum atomic E-state index is -0.391. The second kappa shape index (κ2) is 7.72. The van der Waals surface area contributed by atoms with Crippen LogP contribution in [0, 0.1) is 16.0 Å². The van der Waals surface area contributed by atoms with Crippen LogP contribution < -0.4 is 10.2 Å². The number of anilines is 1. The molecule has 1 aliphatic heterocycles. The van der Waals surface area contributed by atoms with E-state index in [1.165, 1.54) is 31.4 Å². The van der Waals surface area contributed by atoms with E-state index in [1.54, 1.807) is 12.1 Å². The average molecular weight is 346 g/mol. The molecule has 3 rings (SSSR count). The molecular weight excluding hydrogens is 320 g/mol. The number of nitrogens with zero attached hydrogens (tertiary/aromatic N) is 3. The minimum absolute atomic E-state index is 0.0436. The lowest BCUT2D eigenvalue weighted by molar-refractivity contribution is -0.384. The molecule has 0 aromatic heterocycles. The van der Waals surface area contributed by atoms with Crippen molar-refractivity contribution in [3.05, 3.63) is 34.4 Å². The van der Waals surface area contributed by atoms with Crippen LogP contribution in [0.25, 0.3) is 0 Å². The second-order valence-electron chi connectivity index (χ2n) is 7.07. The number of nitrogens with one attached hydrogen (secondary N) is 1. The van der Waals surface area contributed by atoms with E-state index in [0.717, 1.165) is 25.2 Å². The van der Waals surface area contributed by atoms with Gasteiger partial charge in [-0.3, -0.25) is 10.1 Å². The van der Waals surface area contributed by atoms with Gasteiger partial charge in [0.1, 0.15) is 0 Å². The first kappa shape index (κ1) is 17.5. The number of carbonyl (C=O) groups is 1. The first-order chi connectivity index (χ1) is 12.0. The fourth-order valence-corrected chi connectivity index (χ4v) is 3.73. The van der Waals surface area contributed by atoms with E-state index in [2.05, 4.69) is 17.1 Å². The van der Waals surface area contributed by atoms with Gasteiger partial charge in [0.15, 0.2) is 0 Å². The number of rotatable bonds is 3. The highest BCUT2D eigenvalue weighted by Crippen LogP contribution is 2.24. The molecule has 0 spiro atoms. The highest BCUT2D eigenvalue weighted by Gasteiger charge is 2.27. The molecule has 7 nitrogen and oxygen atoms in total. The number of hydrogen-bond donors (Lipinski definition) is 1. The molecule has 0 bridgehead atoms. The average Bonchev–Trinajstić information content (AvgIpc) is 2.64. The third kappa shape index (κ3) is 4.21. The molecule has 0 radical (unpaired) electrons. The van der Waals surface area contributed by atoms with Crippen LogP contribution in [0.5, 0.6) is 0 Å². The van der Waals surface area contributed by atoms with E-state index in [4.69, 9.17) is 0 Å². The first-order valence-electron chi connectivity index (χ1n) is 9.09. The molecule has 2 unspecified atom stereocenters. The number of piperazine rings is 1. The van der Waals surface area contributed by atoms with Crippen molar-refractivity contribution in [3.8, 4) is 0 Å². The van der Waals surface area contributed by atoms with E-state index in [1.807, 2.05) is 4.90 Å². The second-order valence-corrected chi connectivity index (χ2v) is 7.07. The summed E-state index contributed by atoms with van der Waals surface area (Å²) in [6.07, 6.45) is 4.74. The quantitative estimate of drug-likeness (QED) is 0.674. The van der Waals surface area contributed by atoms with Gasteiger partial charge in [-0.15, -0.1) is 0 Å². The smallest absolute Gasteiger partial charge is 0.317 e. The van der Waals surface area contributed by atoms with Gasteiger partial charge in [-0.25, -0.2) is 4.79 Å². The predicted octanol–water partition coefficient (Wildman–Crippen LogP) is 3.01. The topological polar surface area (TPSA) is 78.7 Å². The Balaban J connectivity index is 1.51. The van der Waals surface area contributed by atoms with Gasteiger partial charge in [-0.05, 0) is 30.9 Å². The molecule has 1 N–H and O–H groups in total. The lowest BCUT2D eigenvalue weighted by Crippen LogP contribution is -2.54. The van der Waals surface area contributed by atoms with Crippen molar-refractivity contribution in [2.45, 2.75) is 38.6 Å². The van der Waals surface area contributed by atoms with Crippen LogP contribution in [0.2, 0.25) is 0 Å². The number of hydrogen-bond acceptors (Lipinski definition) is 4. The number of nitro benzene ring substituents is 1. The number of benzene rings is 1. The molecule has 1 saturated carbocycles. The van der Waals surface area contributed by atoms with Gasteiger partial charge < -0.3 is 15.1 Å². The van der Waals surface area contributed by atoms with Crippen molar-refractivity contribution >= 4 is 17.4 Å². The first-order valence-corrected chi connectivity index (χ1v) is 9.09. The molecule has 1 aromatic rings. The molecule has 1 aromatic carbocycles. The van der Waals surface area contributed by atoms with Gasteiger partial charge in [0, 0.05) is 50.0 Å². The van der Waals surface area contributed by atoms with E-state index >= 15 is 0 Å². The molecule has 2 aliphatic rings. The molecule has 1 saturated heterocycles. The summed E-state index contributed by atoms with van der Waals surface area (Å²) >= 11 is 0. The molecule has 136 valence electrons. The lowest BCUT2D eigenvalue weighted by atomic mass is 9.86. The Morgan fingerprint density at radius 2 is 1.76 bits per heavy atom. The minimum Gasteiger partial charge on any atom is -0.368 e. The molecular formula is C18H26N4O3. The Kier molecular flexibility index (Phi) is 5.40. The van der Waals surface area contributed by atoms with Crippen molar-refractivity contribution in [2.24, 2.45) is 5.92 Å². The monoisotopic (exact) mass is 346 g/mol. The molecule has 2 amide bonds. The zero-order valence-electron chi connectivity index (χ0n) is 14.7. The van der Waals surface area contributed by atoms with Crippen LogP contribution in [0.15, 0.2) is 24.3 Å². The zero-order valence-corrected chi connectivity index (χ0v) is 14.7. The highest BCUT2D eigenvalue weighted by molar-refractivity contribution is 5.75. The molecule has 1 aliphatic carbocycles. The number of urea groups is 1. The van der Waals surface area contributed by atoms with Gasteiger partial charge in [0.25, 0.3) is 5.69 Å². The normalized spacial score (nSPS) is 24.0. The van der Waals surface area contributed by atoms with Crippen molar-refractivity contribution in [2.75, 3.05) is 31.1 Å². The number of non-ortho nitro benzene ring substituents is 1. The summed E-state index contributed by atoms with van der Waals surface area (Å²) in [4.78, 5) is 26.9. The Bertz CT molecular complexity index is 611. The Morgan fingerprint density at radius 3 is 2.36 bits per heavy atom. The SMILES string of the molecule is CC1CCCCC1NC(=O)N1CCN(c2ccc([N+](=O)[O-])cc2)CC1. The summed E-state index contributed by atoms with van der Waals surface area (Å²) in [6, 6.07) is 6.95. The fourth-order valence-electron chi connectivity index (χ4n) is 3.73. The molecule has 7 heteroatoms. The number of carbonyl (C=O) groups excluding carboxylic acids is 1. The van der Waals surface area contributed by atoms with Crippen LogP contribution in [-0.4, -0.2) is 48.1 Å². The molecule has 25 heavy (non-hydrogen) atoms. The van der Waals surface area contributed by atoms with Crippen molar-refractivity contribution in [1.29, 1.82) is 0 Å². The van der Waals surface area contributed by atoms with E-state index in [-0.39, 0.29) is 11.7 Å². The van der Waals surface area contributed by atoms with E-state index in [0.29, 0.717) is 25.0 Å². The van der Waals surface area contributed by atoms with Gasteiger partial charge in [-0.2, -0.15) is 0 Å². The third-order valence-electron chi connectivity index (χ3n) is 5.41. The van der Waals surface area contributed by atoms with Crippen LogP contribution in [0.3, 0.4) is 0 Å². The molecule has 1 heterocycles. The summed E-state index contributed by atoms with van der Waals surface area (Å²) in [6.45, 7) is 5.04. The third-order valence-corrected chi connectivity index (χ3v) is 5.41. The van der Waals surface area contributed by atoms with Crippen LogP contribution >= 0.6 is 0 Å². The lowest BCUT2D eigenvalue weighted by Gasteiger charge is -2.38. The fraction of sp³-hybridized carbons (Fsp3) is 0.611. The van der Waals surface area contributed by atoms with Gasteiger partial charge in [-0.1, -0.05) is 19.8 Å². The number of nitro groups is 1. The molecule has 2 atom stereocenters. The van der Waals surface area contributed by atoms with Crippen molar-refractivity contribution in [1.82, 2.24) is 10.2 Å². The summed E-state index contributed by atoms with van der Waals surface area (Å²) in [5.41, 5.74) is 1.06. The van der Waals surface area contributed by atoms with E-state index in [9.17, 15) is 14.9 Å². The highest BCUT2D eigenvalue weighted by atomic mass is 16.6. The summed E-state index contributed by atoms with van der Waals surface area (Å²) in [5.74, 6) is 0.555. The van der Waals surface area contributed by atoms with Crippen LogP contribution in [-0.2, 0) is 0 Å². The van der Waals surface area contributed by atoms with Gasteiger partial charge >= 0.3 is 6.03 Å². The largest absolute Gasteiger partial charge is 0.368 e. The summed E-state index contributed by atoms with van der Waals surface area (Å²) < 4.78 is 0. The Hall–Kier alpha value is -2.31. The van der Waals surface area contributed by atoms with Crippen LogP contribution in [0.1, 0.15) is 32.6 Å². The summed E-state index contributed by atoms with van der Waals surface area (Å²) in [7, 11) is 0. The Morgan fingerprint density at radius 1 is 1.12 bits per heavy atom. The zero-order chi connectivity index (χ0) is 17.8. The van der Waals surface area contributed by atoms with Crippen LogP contribution in [0.4, 0.5) is 16.2 Å².